The highest BCUT2D eigenvalue weighted by Gasteiger charge is 2.09. The van der Waals surface area contributed by atoms with E-state index in [1.807, 2.05) is 26.1 Å². The summed E-state index contributed by atoms with van der Waals surface area (Å²) in [7, 11) is 1.94. The first-order valence-corrected chi connectivity index (χ1v) is 10.5. The summed E-state index contributed by atoms with van der Waals surface area (Å²) < 4.78 is 0. The number of nitrogens with zero attached hydrogens (tertiary/aromatic N) is 3. The summed E-state index contributed by atoms with van der Waals surface area (Å²) in [6, 6.07) is 20.4. The van der Waals surface area contributed by atoms with Crippen molar-refractivity contribution in [2.75, 3.05) is 18.9 Å². The van der Waals surface area contributed by atoms with Crippen molar-refractivity contribution in [1.82, 2.24) is 15.3 Å². The van der Waals surface area contributed by atoms with Gasteiger partial charge in [0.25, 0.3) is 0 Å². The Labute approximate surface area is 188 Å². The van der Waals surface area contributed by atoms with Crippen molar-refractivity contribution in [1.29, 1.82) is 5.26 Å². The first-order valence-electron chi connectivity index (χ1n) is 10.5. The van der Waals surface area contributed by atoms with Gasteiger partial charge in [-0.2, -0.15) is 5.26 Å². The number of benzene rings is 2. The molecule has 0 saturated heterocycles. The molecule has 0 amide bonds. The van der Waals surface area contributed by atoms with Crippen LogP contribution in [0.4, 0.5) is 11.4 Å². The summed E-state index contributed by atoms with van der Waals surface area (Å²) in [5, 5.41) is 16.7. The van der Waals surface area contributed by atoms with Crippen molar-refractivity contribution >= 4 is 28.4 Å². The molecule has 0 unspecified atom stereocenters. The Morgan fingerprint density at radius 3 is 2.47 bits per heavy atom. The highest BCUT2D eigenvalue weighted by Crippen LogP contribution is 2.31. The average Bonchev–Trinajstić information content (AvgIpc) is 2.81. The lowest BCUT2D eigenvalue weighted by Crippen LogP contribution is -2.03. The Bertz CT molecular complexity index is 1310. The third-order valence-corrected chi connectivity index (χ3v) is 5.26. The van der Waals surface area contributed by atoms with Crippen molar-refractivity contribution in [2.45, 2.75) is 13.8 Å². The largest absolute Gasteiger partial charge is 0.355 e. The molecule has 32 heavy (non-hydrogen) atoms. The van der Waals surface area contributed by atoms with E-state index in [1.165, 1.54) is 0 Å². The number of rotatable bonds is 6. The molecule has 2 heterocycles. The van der Waals surface area contributed by atoms with Crippen LogP contribution in [0.25, 0.3) is 28.1 Å². The van der Waals surface area contributed by atoms with Gasteiger partial charge >= 0.3 is 0 Å². The van der Waals surface area contributed by atoms with E-state index < -0.39 is 0 Å². The highest BCUT2D eigenvalue weighted by atomic mass is 14.9. The van der Waals surface area contributed by atoms with Crippen LogP contribution in [-0.2, 0) is 0 Å². The number of nitriles is 1. The molecule has 0 fully saturated rings. The van der Waals surface area contributed by atoms with Gasteiger partial charge in [-0.25, -0.2) is 4.98 Å². The molecule has 4 aromatic rings. The molecule has 0 aliphatic rings. The van der Waals surface area contributed by atoms with Crippen LogP contribution in [0.15, 0.2) is 66.9 Å². The van der Waals surface area contributed by atoms with Crippen molar-refractivity contribution < 1.29 is 0 Å². The second-order valence-corrected chi connectivity index (χ2v) is 7.75. The molecular formula is C27H25N5. The summed E-state index contributed by atoms with van der Waals surface area (Å²) in [5.41, 5.74) is 8.78. The minimum atomic E-state index is 0.419. The van der Waals surface area contributed by atoms with Gasteiger partial charge in [0.2, 0.25) is 0 Å². The molecule has 4 rings (SSSR count). The van der Waals surface area contributed by atoms with Gasteiger partial charge in [0.1, 0.15) is 11.8 Å². The Kier molecular flexibility index (Phi) is 6.25. The zero-order chi connectivity index (χ0) is 22.5. The number of fused-ring (bicyclic) bond motifs is 1. The van der Waals surface area contributed by atoms with E-state index in [0.29, 0.717) is 5.69 Å². The first kappa shape index (κ1) is 21.2. The van der Waals surface area contributed by atoms with Crippen LogP contribution >= 0.6 is 0 Å². The van der Waals surface area contributed by atoms with Crippen LogP contribution < -0.4 is 10.6 Å². The minimum absolute atomic E-state index is 0.419. The fraction of sp³-hybridized carbons (Fsp3) is 0.148. The van der Waals surface area contributed by atoms with E-state index in [2.05, 4.69) is 77.2 Å². The molecule has 158 valence electrons. The standard InChI is InChI=1S/C27H25N5/c1-18-13-20(5-4-12-29-3)15-25-26(14-19(2)31-27(18)25)32-23-9-6-21(7-10-23)22-8-11-24(16-28)30-17-22/h4-11,13-15,17,29H,12H2,1-3H3,(H,31,32)/b5-4+. The van der Waals surface area contributed by atoms with Crippen LogP contribution in [0, 0.1) is 25.2 Å². The summed E-state index contributed by atoms with van der Waals surface area (Å²) >= 11 is 0. The molecule has 0 aliphatic carbocycles. The van der Waals surface area contributed by atoms with Gasteiger partial charge in [-0.05, 0) is 80.1 Å². The zero-order valence-corrected chi connectivity index (χ0v) is 18.5. The quantitative estimate of drug-likeness (QED) is 0.415. The maximum absolute atomic E-state index is 8.93. The van der Waals surface area contributed by atoms with Crippen molar-refractivity contribution in [3.05, 3.63) is 89.4 Å². The first-order chi connectivity index (χ1) is 15.6. The smallest absolute Gasteiger partial charge is 0.140 e. The Morgan fingerprint density at radius 1 is 1.00 bits per heavy atom. The summed E-state index contributed by atoms with van der Waals surface area (Å²) in [4.78, 5) is 8.93. The number of nitrogens with one attached hydrogen (secondary N) is 2. The third-order valence-electron chi connectivity index (χ3n) is 5.26. The lowest BCUT2D eigenvalue weighted by molar-refractivity contribution is 0.922. The zero-order valence-electron chi connectivity index (χ0n) is 18.5. The molecule has 0 bridgehead atoms. The SMILES string of the molecule is CNC/C=C/c1cc(C)c2nc(C)cc(Nc3ccc(-c4ccc(C#N)nc4)cc3)c2c1. The van der Waals surface area contributed by atoms with E-state index in [-0.39, 0.29) is 0 Å². The van der Waals surface area contributed by atoms with E-state index >= 15 is 0 Å². The van der Waals surface area contributed by atoms with Crippen LogP contribution in [-0.4, -0.2) is 23.6 Å². The van der Waals surface area contributed by atoms with Gasteiger partial charge in [-0.15, -0.1) is 0 Å². The molecule has 0 atom stereocenters. The Balaban J connectivity index is 1.66. The predicted molar refractivity (Wildman–Crippen MR) is 132 cm³/mol. The predicted octanol–water partition coefficient (Wildman–Crippen LogP) is 5.76. The highest BCUT2D eigenvalue weighted by molar-refractivity contribution is 5.96. The monoisotopic (exact) mass is 419 g/mol. The van der Waals surface area contributed by atoms with Crippen LogP contribution in [0.5, 0.6) is 0 Å². The number of likely N-dealkylation sites (N-methyl/N-ethyl adjacent to an activating group) is 1. The van der Waals surface area contributed by atoms with Gasteiger partial charge in [0.05, 0.1) is 5.52 Å². The Morgan fingerprint density at radius 2 is 1.78 bits per heavy atom. The molecular weight excluding hydrogens is 394 g/mol. The van der Waals surface area contributed by atoms with Crippen LogP contribution in [0.2, 0.25) is 0 Å². The number of aryl methyl sites for hydroxylation is 2. The van der Waals surface area contributed by atoms with E-state index in [1.54, 1.807) is 12.3 Å². The van der Waals surface area contributed by atoms with Gasteiger partial charge in [-0.1, -0.05) is 24.3 Å². The molecule has 0 aliphatic heterocycles. The summed E-state index contributed by atoms with van der Waals surface area (Å²) in [6.45, 7) is 4.95. The van der Waals surface area contributed by atoms with E-state index in [9.17, 15) is 0 Å². The van der Waals surface area contributed by atoms with Gasteiger partial charge in [0, 0.05) is 40.8 Å². The summed E-state index contributed by atoms with van der Waals surface area (Å²) in [6.07, 6.45) is 5.98. The minimum Gasteiger partial charge on any atom is -0.355 e. The summed E-state index contributed by atoms with van der Waals surface area (Å²) in [5.74, 6) is 0. The van der Waals surface area contributed by atoms with Crippen molar-refractivity contribution in [3.8, 4) is 17.2 Å². The number of aromatic nitrogens is 2. The van der Waals surface area contributed by atoms with Gasteiger partial charge < -0.3 is 10.6 Å². The van der Waals surface area contributed by atoms with Crippen LogP contribution in [0.1, 0.15) is 22.5 Å². The maximum Gasteiger partial charge on any atom is 0.140 e. The van der Waals surface area contributed by atoms with Crippen molar-refractivity contribution in [2.24, 2.45) is 0 Å². The molecule has 2 aromatic heterocycles. The van der Waals surface area contributed by atoms with Crippen molar-refractivity contribution in [3.63, 3.8) is 0 Å². The van der Waals surface area contributed by atoms with Crippen LogP contribution in [0.3, 0.4) is 0 Å². The number of pyridine rings is 2. The molecule has 0 spiro atoms. The second-order valence-electron chi connectivity index (χ2n) is 7.75. The number of hydrogen-bond acceptors (Lipinski definition) is 5. The molecule has 2 N–H and O–H groups in total. The molecule has 2 aromatic carbocycles. The Hall–Kier alpha value is -4.01. The second kappa shape index (κ2) is 9.42. The molecule has 0 saturated carbocycles. The average molecular weight is 420 g/mol. The lowest BCUT2D eigenvalue weighted by atomic mass is 10.0. The normalized spacial score (nSPS) is 11.1. The molecule has 5 nitrogen and oxygen atoms in total. The maximum atomic E-state index is 8.93. The molecule has 0 radical (unpaired) electrons. The van der Waals surface area contributed by atoms with E-state index in [0.717, 1.165) is 56.8 Å². The third kappa shape index (κ3) is 4.66. The van der Waals surface area contributed by atoms with E-state index in [4.69, 9.17) is 10.2 Å². The van der Waals surface area contributed by atoms with Gasteiger partial charge in [0.15, 0.2) is 0 Å². The lowest BCUT2D eigenvalue weighted by Gasteiger charge is -2.14. The number of anilines is 2. The fourth-order valence-corrected chi connectivity index (χ4v) is 3.70. The fourth-order valence-electron chi connectivity index (χ4n) is 3.70. The van der Waals surface area contributed by atoms with Gasteiger partial charge in [-0.3, -0.25) is 4.98 Å². The topological polar surface area (TPSA) is 73.6 Å². The molecule has 5 heteroatoms. The number of hydrogen-bond donors (Lipinski definition) is 2.